The summed E-state index contributed by atoms with van der Waals surface area (Å²) in [6.07, 6.45) is -0.488. The van der Waals surface area contributed by atoms with Gasteiger partial charge in [0.05, 0.1) is 24.4 Å². The summed E-state index contributed by atoms with van der Waals surface area (Å²) in [6.45, 7) is 0.825. The third-order valence-electron chi connectivity index (χ3n) is 8.35. The average molecular weight is 675 g/mol. The van der Waals surface area contributed by atoms with Crippen LogP contribution in [0.15, 0.2) is 132 Å². The second kappa shape index (κ2) is 16.5. The summed E-state index contributed by atoms with van der Waals surface area (Å²) in [5.41, 5.74) is 7.01. The standard InChI is InChI=1S/C40H38N2O6S/c43-25-28-13-15-31(16-14-28)36-22-34(26-49-37-12-5-4-11-35(37)38(44)45)47-39(48-36)32-19-17-30(18-20-32)33-10-6-9-29(21-33)24-42-40(46)41-23-27-7-2-1-3-8-27/h1-21,34,36,39,43H,22-26H2,(H,44,45)(H2,41,42,46)/t34-,36+,39+/m0/s1. The number of carbonyl (C=O) groups is 2. The van der Waals surface area contributed by atoms with E-state index in [1.54, 1.807) is 12.1 Å². The van der Waals surface area contributed by atoms with Gasteiger partial charge in [-0.1, -0.05) is 109 Å². The predicted octanol–water partition coefficient (Wildman–Crippen LogP) is 7.88. The number of thioether (sulfide) groups is 1. The van der Waals surface area contributed by atoms with E-state index in [9.17, 15) is 19.8 Å². The Hall–Kier alpha value is -4.93. The SMILES string of the molecule is O=C(NCc1ccccc1)NCc1cccc(-c2ccc([C@@H]3O[C@H](CSc4ccccc4C(=O)O)C[C@H](c4ccc(CO)cc4)O3)cc2)c1. The van der Waals surface area contributed by atoms with Gasteiger partial charge in [0.25, 0.3) is 0 Å². The zero-order chi connectivity index (χ0) is 34.0. The van der Waals surface area contributed by atoms with E-state index in [2.05, 4.69) is 16.7 Å². The Labute approximate surface area is 290 Å². The second-order valence-electron chi connectivity index (χ2n) is 11.8. The molecule has 5 aromatic carbocycles. The summed E-state index contributed by atoms with van der Waals surface area (Å²) in [5, 5.41) is 25.0. The number of carboxylic acids is 1. The molecule has 1 saturated heterocycles. The molecular weight excluding hydrogens is 637 g/mol. The fourth-order valence-corrected chi connectivity index (χ4v) is 6.76. The maximum absolute atomic E-state index is 12.4. The summed E-state index contributed by atoms with van der Waals surface area (Å²) in [5.74, 6) is -0.402. The maximum atomic E-state index is 12.4. The third kappa shape index (κ3) is 9.16. The summed E-state index contributed by atoms with van der Waals surface area (Å²) in [7, 11) is 0. The van der Waals surface area contributed by atoms with Crippen LogP contribution in [0, 0.1) is 0 Å². The molecule has 0 radical (unpaired) electrons. The van der Waals surface area contributed by atoms with Crippen molar-refractivity contribution in [3.63, 3.8) is 0 Å². The van der Waals surface area contributed by atoms with Crippen LogP contribution >= 0.6 is 11.8 Å². The van der Waals surface area contributed by atoms with E-state index in [4.69, 9.17) is 9.47 Å². The Kier molecular flexibility index (Phi) is 11.4. The number of hydrogen-bond acceptors (Lipinski definition) is 6. The monoisotopic (exact) mass is 674 g/mol. The first-order chi connectivity index (χ1) is 23.9. The molecule has 0 unspecified atom stereocenters. The van der Waals surface area contributed by atoms with E-state index in [0.29, 0.717) is 30.2 Å². The van der Waals surface area contributed by atoms with Gasteiger partial charge in [0, 0.05) is 35.7 Å². The molecule has 0 bridgehead atoms. The fourth-order valence-electron chi connectivity index (χ4n) is 5.69. The first-order valence-corrected chi connectivity index (χ1v) is 17.1. The number of carboxylic acid groups (broad SMARTS) is 1. The molecule has 2 amide bonds. The highest BCUT2D eigenvalue weighted by molar-refractivity contribution is 7.99. The van der Waals surface area contributed by atoms with E-state index in [-0.39, 0.29) is 30.4 Å². The zero-order valence-electron chi connectivity index (χ0n) is 26.8. The normalized spacial score (nSPS) is 17.3. The van der Waals surface area contributed by atoms with E-state index in [1.807, 2.05) is 109 Å². The molecule has 0 spiro atoms. The number of rotatable bonds is 12. The molecule has 250 valence electrons. The third-order valence-corrected chi connectivity index (χ3v) is 9.55. The lowest BCUT2D eigenvalue weighted by Crippen LogP contribution is -2.34. The molecule has 8 nitrogen and oxygen atoms in total. The second-order valence-corrected chi connectivity index (χ2v) is 12.9. The minimum Gasteiger partial charge on any atom is -0.478 e. The van der Waals surface area contributed by atoms with Crippen molar-refractivity contribution < 1.29 is 29.3 Å². The van der Waals surface area contributed by atoms with Crippen LogP contribution in [0.5, 0.6) is 0 Å². The fraction of sp³-hybridized carbons (Fsp3) is 0.200. The van der Waals surface area contributed by atoms with E-state index < -0.39 is 12.3 Å². The molecule has 6 rings (SSSR count). The first-order valence-electron chi connectivity index (χ1n) is 16.2. The Morgan fingerprint density at radius 2 is 1.37 bits per heavy atom. The van der Waals surface area contributed by atoms with Crippen LogP contribution < -0.4 is 10.6 Å². The van der Waals surface area contributed by atoms with Crippen molar-refractivity contribution in [2.45, 2.75) is 49.5 Å². The highest BCUT2D eigenvalue weighted by Crippen LogP contribution is 2.40. The van der Waals surface area contributed by atoms with Gasteiger partial charge in [-0.05, 0) is 51.6 Å². The van der Waals surface area contributed by atoms with Gasteiger partial charge in [0.2, 0.25) is 0 Å². The number of nitrogens with one attached hydrogen (secondary N) is 2. The molecule has 1 aliphatic rings. The van der Waals surface area contributed by atoms with Crippen molar-refractivity contribution in [3.8, 4) is 11.1 Å². The van der Waals surface area contributed by atoms with Gasteiger partial charge in [-0.3, -0.25) is 0 Å². The molecule has 1 heterocycles. The van der Waals surface area contributed by atoms with Gasteiger partial charge in [0.15, 0.2) is 6.29 Å². The van der Waals surface area contributed by atoms with Crippen LogP contribution in [-0.2, 0) is 29.2 Å². The molecule has 1 fully saturated rings. The van der Waals surface area contributed by atoms with E-state index in [0.717, 1.165) is 38.9 Å². The molecule has 49 heavy (non-hydrogen) atoms. The minimum atomic E-state index is -0.957. The van der Waals surface area contributed by atoms with Crippen LogP contribution in [0.25, 0.3) is 11.1 Å². The average Bonchev–Trinajstić information content (AvgIpc) is 3.16. The van der Waals surface area contributed by atoms with Gasteiger partial charge < -0.3 is 30.3 Å². The summed E-state index contributed by atoms with van der Waals surface area (Å²) in [6, 6.07) is 40.4. The minimum absolute atomic E-state index is 0.0321. The molecule has 0 aromatic heterocycles. The van der Waals surface area contributed by atoms with Gasteiger partial charge in [-0.2, -0.15) is 0 Å². The number of ether oxygens (including phenoxy) is 2. The van der Waals surface area contributed by atoms with Crippen LogP contribution in [0.3, 0.4) is 0 Å². The topological polar surface area (TPSA) is 117 Å². The van der Waals surface area contributed by atoms with Gasteiger partial charge in [-0.15, -0.1) is 11.8 Å². The number of aromatic carboxylic acids is 1. The van der Waals surface area contributed by atoms with Gasteiger partial charge in [0.1, 0.15) is 0 Å². The van der Waals surface area contributed by atoms with Crippen LogP contribution in [-0.4, -0.2) is 34.1 Å². The summed E-state index contributed by atoms with van der Waals surface area (Å²) >= 11 is 1.47. The van der Waals surface area contributed by atoms with Crippen LogP contribution in [0.4, 0.5) is 4.79 Å². The molecule has 5 aromatic rings. The Morgan fingerprint density at radius 3 is 2.10 bits per heavy atom. The van der Waals surface area contributed by atoms with Crippen LogP contribution in [0.2, 0.25) is 0 Å². The molecule has 0 aliphatic carbocycles. The number of carbonyl (C=O) groups excluding carboxylic acids is 1. The zero-order valence-corrected chi connectivity index (χ0v) is 27.6. The highest BCUT2D eigenvalue weighted by atomic mass is 32.2. The highest BCUT2D eigenvalue weighted by Gasteiger charge is 2.32. The van der Waals surface area contributed by atoms with Crippen molar-refractivity contribution in [2.24, 2.45) is 0 Å². The lowest BCUT2D eigenvalue weighted by atomic mass is 9.99. The summed E-state index contributed by atoms with van der Waals surface area (Å²) < 4.78 is 13.0. The molecular formula is C40H38N2O6S. The number of benzene rings is 5. The lowest BCUT2D eigenvalue weighted by Gasteiger charge is -2.36. The number of urea groups is 1. The predicted molar refractivity (Wildman–Crippen MR) is 190 cm³/mol. The van der Waals surface area contributed by atoms with Crippen molar-refractivity contribution in [1.29, 1.82) is 0 Å². The molecule has 4 N–H and O–H groups in total. The van der Waals surface area contributed by atoms with E-state index >= 15 is 0 Å². The van der Waals surface area contributed by atoms with Gasteiger partial charge in [-0.25, -0.2) is 9.59 Å². The maximum Gasteiger partial charge on any atom is 0.336 e. The van der Waals surface area contributed by atoms with E-state index in [1.165, 1.54) is 11.8 Å². The van der Waals surface area contributed by atoms with Gasteiger partial charge >= 0.3 is 12.0 Å². The van der Waals surface area contributed by atoms with Crippen LogP contribution in [0.1, 0.15) is 57.0 Å². The Balaban J connectivity index is 1.13. The summed E-state index contributed by atoms with van der Waals surface area (Å²) in [4.78, 5) is 24.8. The van der Waals surface area contributed by atoms with Crippen molar-refractivity contribution in [2.75, 3.05) is 5.75 Å². The lowest BCUT2D eigenvalue weighted by molar-refractivity contribution is -0.245. The number of amides is 2. The first kappa shape index (κ1) is 34.0. The van der Waals surface area contributed by atoms with Crippen molar-refractivity contribution >= 4 is 23.8 Å². The molecule has 9 heteroatoms. The Morgan fingerprint density at radius 1 is 0.694 bits per heavy atom. The number of aliphatic hydroxyl groups excluding tert-OH is 1. The van der Waals surface area contributed by atoms with Crippen molar-refractivity contribution in [3.05, 3.63) is 161 Å². The molecule has 1 aliphatic heterocycles. The smallest absolute Gasteiger partial charge is 0.336 e. The van der Waals surface area contributed by atoms with Crippen molar-refractivity contribution in [1.82, 2.24) is 10.6 Å². The quantitative estimate of drug-likeness (QED) is 0.0995. The number of hydrogen-bond donors (Lipinski definition) is 4. The number of aliphatic hydroxyl groups is 1. The largest absolute Gasteiger partial charge is 0.478 e. The molecule has 3 atom stereocenters. The molecule has 0 saturated carbocycles. The Bertz CT molecular complexity index is 1850.